The van der Waals surface area contributed by atoms with Gasteiger partial charge in [-0.3, -0.25) is 9.59 Å². The number of alkyl halides is 2. The van der Waals surface area contributed by atoms with Crippen molar-refractivity contribution < 1.29 is 27.8 Å². The Bertz CT molecular complexity index is 714. The first-order valence-corrected chi connectivity index (χ1v) is 10.4. The van der Waals surface area contributed by atoms with Gasteiger partial charge in [-0.05, 0) is 80.4 Å². The lowest BCUT2D eigenvalue weighted by Gasteiger charge is -2.55. The van der Waals surface area contributed by atoms with Crippen molar-refractivity contribution in [3.05, 3.63) is 29.8 Å². The van der Waals surface area contributed by atoms with E-state index in [1.165, 1.54) is 31.4 Å². The summed E-state index contributed by atoms with van der Waals surface area (Å²) in [6, 6.07) is 6.29. The molecule has 0 aliphatic heterocycles. The summed E-state index contributed by atoms with van der Waals surface area (Å²) in [6.07, 6.45) is 7.07. The van der Waals surface area contributed by atoms with Gasteiger partial charge in [0.05, 0.1) is 5.41 Å². The largest absolute Gasteiger partial charge is 0.455 e. The number of benzene rings is 1. The average Bonchev–Trinajstić information content (AvgIpc) is 2.66. The molecule has 29 heavy (non-hydrogen) atoms. The second-order valence-corrected chi connectivity index (χ2v) is 8.90. The summed E-state index contributed by atoms with van der Waals surface area (Å²) < 4.78 is 34.0. The molecule has 4 aliphatic carbocycles. The highest BCUT2D eigenvalue weighted by Crippen LogP contribution is 2.60. The molecule has 0 unspecified atom stereocenters. The van der Waals surface area contributed by atoms with Crippen LogP contribution < -0.4 is 10.1 Å². The molecule has 4 bridgehead atoms. The Labute approximate surface area is 169 Å². The van der Waals surface area contributed by atoms with E-state index in [2.05, 4.69) is 10.1 Å². The summed E-state index contributed by atoms with van der Waals surface area (Å²) in [5, 5.41) is 2.74. The highest BCUT2D eigenvalue weighted by atomic mass is 19.3. The number of halogens is 2. The van der Waals surface area contributed by atoms with Crippen molar-refractivity contribution in [1.82, 2.24) is 5.32 Å². The first-order valence-electron chi connectivity index (χ1n) is 10.4. The minimum absolute atomic E-state index is 0.101. The third-order valence-corrected chi connectivity index (χ3v) is 6.69. The van der Waals surface area contributed by atoms with E-state index < -0.39 is 6.61 Å². The van der Waals surface area contributed by atoms with Gasteiger partial charge in [-0.15, -0.1) is 0 Å². The van der Waals surface area contributed by atoms with Crippen LogP contribution in [0.15, 0.2) is 24.3 Å². The van der Waals surface area contributed by atoms with Crippen molar-refractivity contribution in [2.45, 2.75) is 51.6 Å². The van der Waals surface area contributed by atoms with Crippen molar-refractivity contribution in [1.29, 1.82) is 0 Å². The van der Waals surface area contributed by atoms with Crippen LogP contribution in [0.2, 0.25) is 0 Å². The van der Waals surface area contributed by atoms with Crippen LogP contribution in [0.4, 0.5) is 8.78 Å². The summed E-state index contributed by atoms with van der Waals surface area (Å²) in [7, 11) is 0. The van der Waals surface area contributed by atoms with Crippen molar-refractivity contribution in [3.63, 3.8) is 0 Å². The first kappa shape index (κ1) is 20.1. The molecule has 0 spiro atoms. The molecule has 4 fully saturated rings. The van der Waals surface area contributed by atoms with E-state index in [4.69, 9.17) is 4.74 Å². The smallest absolute Gasteiger partial charge is 0.387 e. The molecular formula is C22H27F2NO4. The molecular weight excluding hydrogens is 380 g/mol. The normalized spacial score (nSPS) is 29.7. The molecule has 4 saturated carbocycles. The Kier molecular flexibility index (Phi) is 5.74. The molecule has 0 radical (unpaired) electrons. The van der Waals surface area contributed by atoms with Gasteiger partial charge in [0.1, 0.15) is 5.75 Å². The number of esters is 1. The Morgan fingerprint density at radius 3 is 2.17 bits per heavy atom. The number of hydrogen-bond donors (Lipinski definition) is 1. The molecule has 5 rings (SSSR count). The molecule has 1 aromatic carbocycles. The van der Waals surface area contributed by atoms with Gasteiger partial charge in [0.2, 0.25) is 0 Å². The highest BCUT2D eigenvalue weighted by Gasteiger charge is 2.55. The van der Waals surface area contributed by atoms with Gasteiger partial charge in [0, 0.05) is 6.54 Å². The zero-order valence-electron chi connectivity index (χ0n) is 16.4. The van der Waals surface area contributed by atoms with Gasteiger partial charge in [-0.25, -0.2) is 0 Å². The lowest BCUT2D eigenvalue weighted by molar-refractivity contribution is -0.173. The van der Waals surface area contributed by atoms with Crippen LogP contribution in [0.25, 0.3) is 0 Å². The number of carbonyl (C=O) groups excluding carboxylic acids is 2. The molecule has 0 aromatic heterocycles. The predicted molar refractivity (Wildman–Crippen MR) is 101 cm³/mol. The summed E-state index contributed by atoms with van der Waals surface area (Å²) in [4.78, 5) is 24.8. The summed E-state index contributed by atoms with van der Waals surface area (Å²) in [6.45, 7) is -2.72. The van der Waals surface area contributed by atoms with E-state index in [0.29, 0.717) is 30.7 Å². The maximum atomic E-state index is 12.7. The highest BCUT2D eigenvalue weighted by molar-refractivity contribution is 5.83. The fraction of sp³-hybridized carbons (Fsp3) is 0.636. The molecule has 0 heterocycles. The third kappa shape index (κ3) is 4.70. The van der Waals surface area contributed by atoms with E-state index in [1.807, 2.05) is 0 Å². The third-order valence-electron chi connectivity index (χ3n) is 6.69. The van der Waals surface area contributed by atoms with Crippen LogP contribution in [0.5, 0.6) is 5.75 Å². The molecule has 4 aliphatic rings. The second kappa shape index (κ2) is 8.28. The van der Waals surface area contributed by atoms with Gasteiger partial charge in [-0.1, -0.05) is 12.1 Å². The van der Waals surface area contributed by atoms with Gasteiger partial charge >= 0.3 is 12.6 Å². The minimum Gasteiger partial charge on any atom is -0.455 e. The van der Waals surface area contributed by atoms with Crippen LogP contribution in [0.3, 0.4) is 0 Å². The monoisotopic (exact) mass is 407 g/mol. The number of amides is 1. The maximum Gasteiger partial charge on any atom is 0.387 e. The molecule has 7 heteroatoms. The number of hydrogen-bond acceptors (Lipinski definition) is 4. The van der Waals surface area contributed by atoms with E-state index >= 15 is 0 Å². The minimum atomic E-state index is -2.85. The number of carbonyl (C=O) groups is 2. The Morgan fingerprint density at radius 2 is 1.62 bits per heavy atom. The Hall–Kier alpha value is -2.18. The fourth-order valence-electron chi connectivity index (χ4n) is 5.88. The van der Waals surface area contributed by atoms with E-state index in [0.717, 1.165) is 24.8 Å². The van der Waals surface area contributed by atoms with Crippen LogP contribution >= 0.6 is 0 Å². The zero-order valence-corrected chi connectivity index (χ0v) is 16.4. The molecule has 0 atom stereocenters. The Morgan fingerprint density at radius 1 is 1.03 bits per heavy atom. The van der Waals surface area contributed by atoms with Crippen LogP contribution in [-0.4, -0.2) is 31.6 Å². The summed E-state index contributed by atoms with van der Waals surface area (Å²) in [5.41, 5.74) is 0.536. The molecule has 158 valence electrons. The first-order chi connectivity index (χ1) is 13.9. The van der Waals surface area contributed by atoms with E-state index in [-0.39, 0.29) is 29.6 Å². The van der Waals surface area contributed by atoms with Crippen LogP contribution in [0, 0.1) is 23.2 Å². The molecule has 0 saturated heterocycles. The lowest BCUT2D eigenvalue weighted by atomic mass is 9.49. The number of ether oxygens (including phenoxy) is 2. The van der Waals surface area contributed by atoms with Crippen molar-refractivity contribution in [2.24, 2.45) is 23.2 Å². The molecule has 1 amide bonds. The molecule has 1 N–H and O–H groups in total. The van der Waals surface area contributed by atoms with Gasteiger partial charge in [0.25, 0.3) is 5.91 Å². The van der Waals surface area contributed by atoms with Crippen LogP contribution in [-0.2, 0) is 20.7 Å². The standard InChI is InChI=1S/C22H27F2NO4/c23-21(24)29-18-3-1-14(2-4-18)5-6-25-19(26)13-28-20(27)22-10-15-7-16(11-22)9-17(8-15)12-22/h1-4,15-17,21H,5-13H2,(H,25,26). The number of nitrogens with one attached hydrogen (secondary N) is 1. The van der Waals surface area contributed by atoms with Crippen molar-refractivity contribution in [3.8, 4) is 5.75 Å². The summed E-state index contributed by atoms with van der Waals surface area (Å²) in [5.74, 6) is 1.55. The Balaban J connectivity index is 1.18. The fourth-order valence-corrected chi connectivity index (χ4v) is 5.88. The zero-order chi connectivity index (χ0) is 20.4. The number of rotatable bonds is 8. The van der Waals surface area contributed by atoms with Gasteiger partial charge < -0.3 is 14.8 Å². The lowest BCUT2D eigenvalue weighted by Crippen LogP contribution is -2.51. The molecule has 5 nitrogen and oxygen atoms in total. The topological polar surface area (TPSA) is 64.6 Å². The van der Waals surface area contributed by atoms with E-state index in [1.54, 1.807) is 12.1 Å². The summed E-state index contributed by atoms with van der Waals surface area (Å²) >= 11 is 0. The van der Waals surface area contributed by atoms with E-state index in [9.17, 15) is 18.4 Å². The quantitative estimate of drug-likeness (QED) is 0.668. The van der Waals surface area contributed by atoms with Crippen LogP contribution in [0.1, 0.15) is 44.1 Å². The van der Waals surface area contributed by atoms with Crippen molar-refractivity contribution in [2.75, 3.05) is 13.2 Å². The predicted octanol–water partition coefficient (Wildman–Crippen LogP) is 3.71. The van der Waals surface area contributed by atoms with Gasteiger partial charge in [0.15, 0.2) is 6.61 Å². The average molecular weight is 407 g/mol. The van der Waals surface area contributed by atoms with Gasteiger partial charge in [-0.2, -0.15) is 8.78 Å². The SMILES string of the molecule is O=C(COC(=O)C12CC3CC(CC(C3)C1)C2)NCCc1ccc(OC(F)F)cc1. The maximum absolute atomic E-state index is 12.7. The van der Waals surface area contributed by atoms with Crippen molar-refractivity contribution >= 4 is 11.9 Å². The second-order valence-electron chi connectivity index (χ2n) is 8.90. The molecule has 1 aromatic rings.